The number of ether oxygens (including phenoxy) is 1. The molecule has 0 aliphatic rings. The molecule has 0 spiro atoms. The lowest BCUT2D eigenvalue weighted by Gasteiger charge is -2.15. The van der Waals surface area contributed by atoms with Gasteiger partial charge >= 0.3 is 0 Å². The molecule has 0 radical (unpaired) electrons. The number of amides is 1. The summed E-state index contributed by atoms with van der Waals surface area (Å²) in [5.41, 5.74) is 0.467. The number of nitrogens with zero attached hydrogens (tertiary/aromatic N) is 4. The van der Waals surface area contributed by atoms with Gasteiger partial charge in [-0.2, -0.15) is 4.98 Å². The Bertz CT molecular complexity index is 954. The molecule has 0 aliphatic heterocycles. The van der Waals surface area contributed by atoms with Gasteiger partial charge in [0.15, 0.2) is 6.61 Å². The van der Waals surface area contributed by atoms with Crippen molar-refractivity contribution in [1.82, 2.24) is 15.0 Å². The first-order valence-corrected chi connectivity index (χ1v) is 8.80. The SMILES string of the molecule is Cc1cc(OCC(=O)N(C)Cc2nc(-c3cccs3)no2)ccc1[N+](=O)[O-]. The fourth-order valence-corrected chi connectivity index (χ4v) is 2.94. The van der Waals surface area contributed by atoms with E-state index in [1.54, 1.807) is 14.0 Å². The van der Waals surface area contributed by atoms with Crippen LogP contribution in [0, 0.1) is 17.0 Å². The van der Waals surface area contributed by atoms with Crippen molar-refractivity contribution in [3.05, 3.63) is 57.3 Å². The number of hydrogen-bond donors (Lipinski definition) is 0. The smallest absolute Gasteiger partial charge is 0.272 e. The second-order valence-corrected chi connectivity index (χ2v) is 6.68. The number of rotatable bonds is 7. The Balaban J connectivity index is 1.55. The van der Waals surface area contributed by atoms with Gasteiger partial charge < -0.3 is 14.2 Å². The van der Waals surface area contributed by atoms with Gasteiger partial charge in [-0.15, -0.1) is 11.3 Å². The summed E-state index contributed by atoms with van der Waals surface area (Å²) in [5, 5.41) is 16.6. The lowest BCUT2D eigenvalue weighted by molar-refractivity contribution is -0.385. The highest BCUT2D eigenvalue weighted by Gasteiger charge is 2.16. The zero-order valence-electron chi connectivity index (χ0n) is 14.6. The summed E-state index contributed by atoms with van der Waals surface area (Å²) in [5.74, 6) is 0.901. The van der Waals surface area contributed by atoms with E-state index in [1.807, 2.05) is 17.5 Å². The number of benzene rings is 1. The molecule has 3 aromatic rings. The van der Waals surface area contributed by atoms with E-state index in [0.717, 1.165) is 4.88 Å². The molecule has 0 unspecified atom stereocenters. The van der Waals surface area contributed by atoms with Crippen LogP contribution in [0.15, 0.2) is 40.2 Å². The monoisotopic (exact) mass is 388 g/mol. The number of carbonyl (C=O) groups is 1. The Kier molecular flexibility index (Phi) is 5.46. The van der Waals surface area contributed by atoms with Gasteiger partial charge in [0.05, 0.1) is 16.3 Å². The molecular weight excluding hydrogens is 372 g/mol. The van der Waals surface area contributed by atoms with Crippen molar-refractivity contribution >= 4 is 22.9 Å². The summed E-state index contributed by atoms with van der Waals surface area (Å²) < 4.78 is 10.6. The Morgan fingerprint density at radius 1 is 1.41 bits per heavy atom. The number of aryl methyl sites for hydroxylation is 1. The number of thiophene rings is 1. The summed E-state index contributed by atoms with van der Waals surface area (Å²) in [7, 11) is 1.60. The molecular formula is C17H16N4O5S. The van der Waals surface area contributed by atoms with E-state index < -0.39 is 4.92 Å². The highest BCUT2D eigenvalue weighted by atomic mass is 32.1. The van der Waals surface area contributed by atoms with Gasteiger partial charge in [-0.05, 0) is 30.5 Å². The number of aromatic nitrogens is 2. The Morgan fingerprint density at radius 2 is 2.22 bits per heavy atom. The number of carbonyl (C=O) groups excluding carboxylic acids is 1. The highest BCUT2D eigenvalue weighted by molar-refractivity contribution is 7.13. The molecule has 9 nitrogen and oxygen atoms in total. The van der Waals surface area contributed by atoms with Crippen LogP contribution in [0.3, 0.4) is 0 Å². The maximum atomic E-state index is 12.2. The van der Waals surface area contributed by atoms with Crippen molar-refractivity contribution in [2.45, 2.75) is 13.5 Å². The fourth-order valence-electron chi connectivity index (χ4n) is 2.29. The van der Waals surface area contributed by atoms with Crippen LogP contribution in [0.4, 0.5) is 5.69 Å². The predicted octanol–water partition coefficient (Wildman–Crippen LogP) is 3.05. The third-order valence-corrected chi connectivity index (χ3v) is 4.60. The minimum atomic E-state index is -0.465. The van der Waals surface area contributed by atoms with Crippen molar-refractivity contribution in [2.75, 3.05) is 13.7 Å². The van der Waals surface area contributed by atoms with Crippen LogP contribution in [0.1, 0.15) is 11.5 Å². The third-order valence-electron chi connectivity index (χ3n) is 3.74. The topological polar surface area (TPSA) is 112 Å². The maximum Gasteiger partial charge on any atom is 0.272 e. The number of nitro benzene ring substituents is 1. The van der Waals surface area contributed by atoms with Crippen molar-refractivity contribution in [3.8, 4) is 16.5 Å². The summed E-state index contributed by atoms with van der Waals surface area (Å²) in [4.78, 5) is 29.1. The molecule has 0 bridgehead atoms. The second-order valence-electron chi connectivity index (χ2n) is 5.73. The Labute approximate surface area is 158 Å². The normalized spacial score (nSPS) is 10.6. The largest absolute Gasteiger partial charge is 0.484 e. The van der Waals surface area contributed by atoms with E-state index in [4.69, 9.17) is 9.26 Å². The van der Waals surface area contributed by atoms with Gasteiger partial charge in [0.2, 0.25) is 11.7 Å². The fraction of sp³-hybridized carbons (Fsp3) is 0.235. The van der Waals surface area contributed by atoms with Crippen LogP contribution in [-0.2, 0) is 11.3 Å². The van der Waals surface area contributed by atoms with E-state index in [0.29, 0.717) is 23.0 Å². The lowest BCUT2D eigenvalue weighted by atomic mass is 10.2. The van der Waals surface area contributed by atoms with E-state index >= 15 is 0 Å². The van der Waals surface area contributed by atoms with Gasteiger partial charge in [-0.3, -0.25) is 14.9 Å². The molecule has 0 atom stereocenters. The van der Waals surface area contributed by atoms with Crippen LogP contribution in [0.25, 0.3) is 10.7 Å². The van der Waals surface area contributed by atoms with Crippen LogP contribution in [-0.4, -0.2) is 39.5 Å². The highest BCUT2D eigenvalue weighted by Crippen LogP contribution is 2.23. The molecule has 0 fully saturated rings. The lowest BCUT2D eigenvalue weighted by Crippen LogP contribution is -2.31. The molecule has 140 valence electrons. The predicted molar refractivity (Wildman–Crippen MR) is 97.4 cm³/mol. The minimum Gasteiger partial charge on any atom is -0.484 e. The van der Waals surface area contributed by atoms with Gasteiger partial charge in [0, 0.05) is 18.7 Å². The summed E-state index contributed by atoms with van der Waals surface area (Å²) in [6.45, 7) is 1.55. The summed E-state index contributed by atoms with van der Waals surface area (Å²) in [6, 6.07) is 8.11. The molecule has 0 saturated carbocycles. The maximum absolute atomic E-state index is 12.2. The van der Waals surface area contributed by atoms with Crippen molar-refractivity contribution in [3.63, 3.8) is 0 Å². The minimum absolute atomic E-state index is 0.00346. The molecule has 1 aromatic carbocycles. The van der Waals surface area contributed by atoms with Crippen molar-refractivity contribution < 1.29 is 19.0 Å². The number of nitro groups is 1. The van der Waals surface area contributed by atoms with Crippen LogP contribution < -0.4 is 4.74 Å². The van der Waals surface area contributed by atoms with Gasteiger partial charge in [-0.1, -0.05) is 11.2 Å². The molecule has 3 rings (SSSR count). The molecule has 1 amide bonds. The molecule has 10 heteroatoms. The zero-order valence-corrected chi connectivity index (χ0v) is 15.4. The van der Waals surface area contributed by atoms with Gasteiger partial charge in [0.1, 0.15) is 5.75 Å². The van der Waals surface area contributed by atoms with Crippen LogP contribution in [0.5, 0.6) is 5.75 Å². The van der Waals surface area contributed by atoms with Gasteiger partial charge in [0.25, 0.3) is 11.6 Å². The van der Waals surface area contributed by atoms with Gasteiger partial charge in [-0.25, -0.2) is 0 Å². The Morgan fingerprint density at radius 3 is 2.89 bits per heavy atom. The van der Waals surface area contributed by atoms with E-state index in [1.165, 1.54) is 34.4 Å². The van der Waals surface area contributed by atoms with Crippen LogP contribution >= 0.6 is 11.3 Å². The van der Waals surface area contributed by atoms with Crippen molar-refractivity contribution in [2.24, 2.45) is 0 Å². The quantitative estimate of drug-likeness (QED) is 0.452. The average Bonchev–Trinajstić information content (AvgIpc) is 3.30. The zero-order chi connectivity index (χ0) is 19.4. The first kappa shape index (κ1) is 18.5. The first-order valence-electron chi connectivity index (χ1n) is 7.92. The summed E-state index contributed by atoms with van der Waals surface area (Å²) in [6.07, 6.45) is 0. The second kappa shape index (κ2) is 7.96. The van der Waals surface area contributed by atoms with Crippen LogP contribution in [0.2, 0.25) is 0 Å². The number of hydrogen-bond acceptors (Lipinski definition) is 8. The standard InChI is InChI=1S/C17H16N4O5S/c1-11-8-12(5-6-13(11)21(23)24)25-10-16(22)20(2)9-15-18-17(19-26-15)14-4-3-7-27-14/h3-8H,9-10H2,1-2H3. The molecule has 0 saturated heterocycles. The Hall–Kier alpha value is -3.27. The average molecular weight is 388 g/mol. The van der Waals surface area contributed by atoms with E-state index in [9.17, 15) is 14.9 Å². The molecule has 2 heterocycles. The molecule has 0 aliphatic carbocycles. The third kappa shape index (κ3) is 4.47. The van der Waals surface area contributed by atoms with Crippen molar-refractivity contribution in [1.29, 1.82) is 0 Å². The van der Waals surface area contributed by atoms with E-state index in [2.05, 4.69) is 10.1 Å². The molecule has 27 heavy (non-hydrogen) atoms. The summed E-state index contributed by atoms with van der Waals surface area (Å²) >= 11 is 1.50. The number of likely N-dealkylation sites (N-methyl/N-ethyl adjacent to an activating group) is 1. The molecule has 2 aromatic heterocycles. The molecule has 0 N–H and O–H groups in total. The van der Waals surface area contributed by atoms with E-state index in [-0.39, 0.29) is 24.7 Å². The first-order chi connectivity index (χ1) is 12.9.